The molecular formula is C13H20BrNO4S. The molecule has 20 heavy (non-hydrogen) atoms. The molecule has 0 aliphatic carbocycles. The van der Waals surface area contributed by atoms with Gasteiger partial charge in [0.25, 0.3) is 0 Å². The van der Waals surface area contributed by atoms with E-state index in [0.717, 1.165) is 6.42 Å². The van der Waals surface area contributed by atoms with Crippen LogP contribution < -0.4 is 4.72 Å². The van der Waals surface area contributed by atoms with Crippen LogP contribution in [-0.2, 0) is 21.4 Å². The van der Waals surface area contributed by atoms with Crippen molar-refractivity contribution in [1.29, 1.82) is 0 Å². The van der Waals surface area contributed by atoms with E-state index in [-0.39, 0.29) is 11.5 Å². The molecule has 0 saturated heterocycles. The summed E-state index contributed by atoms with van der Waals surface area (Å²) in [4.78, 5) is 0.138. The molecule has 0 aromatic heterocycles. The Balaban J connectivity index is 2.60. The second-order valence-electron chi connectivity index (χ2n) is 4.29. The van der Waals surface area contributed by atoms with Crippen molar-refractivity contribution in [2.45, 2.75) is 31.3 Å². The van der Waals surface area contributed by atoms with Gasteiger partial charge in [-0.15, -0.1) is 0 Å². The summed E-state index contributed by atoms with van der Waals surface area (Å²) in [5.74, 6) is 0. The monoisotopic (exact) mass is 365 g/mol. The summed E-state index contributed by atoms with van der Waals surface area (Å²) < 4.78 is 32.6. The quantitative estimate of drug-likeness (QED) is 0.656. The number of ether oxygens (including phenoxy) is 1. The van der Waals surface area contributed by atoms with E-state index < -0.39 is 10.0 Å². The third-order valence-corrected chi connectivity index (χ3v) is 5.03. The molecule has 5 nitrogen and oxygen atoms in total. The van der Waals surface area contributed by atoms with Gasteiger partial charge in [0.1, 0.15) is 0 Å². The molecule has 0 radical (unpaired) electrons. The molecule has 0 unspecified atom stereocenters. The van der Waals surface area contributed by atoms with Crippen molar-refractivity contribution in [2.75, 3.05) is 19.8 Å². The molecule has 1 rings (SSSR count). The minimum Gasteiger partial charge on any atom is -0.392 e. The predicted molar refractivity (Wildman–Crippen MR) is 81.0 cm³/mol. The lowest BCUT2D eigenvalue weighted by Gasteiger charge is -2.10. The van der Waals surface area contributed by atoms with Gasteiger partial charge in [0.15, 0.2) is 0 Å². The van der Waals surface area contributed by atoms with E-state index in [1.807, 2.05) is 6.92 Å². The molecule has 1 aromatic rings. The van der Waals surface area contributed by atoms with Crippen molar-refractivity contribution in [3.05, 3.63) is 28.2 Å². The van der Waals surface area contributed by atoms with Gasteiger partial charge in [-0.2, -0.15) is 0 Å². The molecule has 7 heteroatoms. The van der Waals surface area contributed by atoms with Crippen LogP contribution in [0, 0.1) is 0 Å². The average Bonchev–Trinajstić information content (AvgIpc) is 2.43. The Kier molecular flexibility index (Phi) is 7.68. The van der Waals surface area contributed by atoms with Gasteiger partial charge in [-0.1, -0.05) is 13.0 Å². The van der Waals surface area contributed by atoms with Gasteiger partial charge >= 0.3 is 0 Å². The van der Waals surface area contributed by atoms with Crippen molar-refractivity contribution < 1.29 is 18.3 Å². The molecule has 114 valence electrons. The zero-order valence-corrected chi connectivity index (χ0v) is 13.8. The SMILES string of the molecule is CCCOCCCNS(=O)(=O)c1cc(CO)ccc1Br. The maximum absolute atomic E-state index is 12.1. The Labute approximate surface area is 128 Å². The van der Waals surface area contributed by atoms with Gasteiger partial charge in [0, 0.05) is 24.2 Å². The van der Waals surface area contributed by atoms with Gasteiger partial charge in [-0.05, 0) is 46.5 Å². The van der Waals surface area contributed by atoms with Gasteiger partial charge in [-0.25, -0.2) is 13.1 Å². The molecule has 0 aliphatic heterocycles. The number of halogens is 1. The fraction of sp³-hybridized carbons (Fsp3) is 0.538. The van der Waals surface area contributed by atoms with Crippen LogP contribution in [0.2, 0.25) is 0 Å². The first-order valence-corrected chi connectivity index (χ1v) is 8.75. The minimum absolute atomic E-state index is 0.138. The van der Waals surface area contributed by atoms with Crippen LogP contribution in [0.25, 0.3) is 0 Å². The molecular weight excluding hydrogens is 346 g/mol. The maximum Gasteiger partial charge on any atom is 0.241 e. The number of nitrogens with one attached hydrogen (secondary N) is 1. The highest BCUT2D eigenvalue weighted by Gasteiger charge is 2.17. The molecule has 1 aromatic carbocycles. The van der Waals surface area contributed by atoms with Crippen LogP contribution in [0.3, 0.4) is 0 Å². The summed E-state index contributed by atoms with van der Waals surface area (Å²) in [6, 6.07) is 4.74. The highest BCUT2D eigenvalue weighted by molar-refractivity contribution is 9.10. The normalized spacial score (nSPS) is 11.8. The van der Waals surface area contributed by atoms with Crippen LogP contribution >= 0.6 is 15.9 Å². The van der Waals surface area contributed by atoms with Crippen molar-refractivity contribution in [2.24, 2.45) is 0 Å². The fourth-order valence-electron chi connectivity index (χ4n) is 1.56. The zero-order chi connectivity index (χ0) is 15.0. The lowest BCUT2D eigenvalue weighted by atomic mass is 10.2. The van der Waals surface area contributed by atoms with Gasteiger partial charge in [0.2, 0.25) is 10.0 Å². The topological polar surface area (TPSA) is 75.6 Å². The maximum atomic E-state index is 12.1. The minimum atomic E-state index is -3.58. The number of rotatable bonds is 9. The molecule has 2 N–H and O–H groups in total. The second kappa shape index (κ2) is 8.74. The van der Waals surface area contributed by atoms with E-state index in [4.69, 9.17) is 9.84 Å². The highest BCUT2D eigenvalue weighted by Crippen LogP contribution is 2.23. The third kappa shape index (κ3) is 5.49. The van der Waals surface area contributed by atoms with Crippen LogP contribution in [0.1, 0.15) is 25.3 Å². The Morgan fingerprint density at radius 3 is 2.75 bits per heavy atom. The zero-order valence-electron chi connectivity index (χ0n) is 11.4. The summed E-state index contributed by atoms with van der Waals surface area (Å²) in [7, 11) is -3.58. The summed E-state index contributed by atoms with van der Waals surface area (Å²) >= 11 is 3.21. The Morgan fingerprint density at radius 2 is 2.10 bits per heavy atom. The lowest BCUT2D eigenvalue weighted by molar-refractivity contribution is 0.133. The first-order valence-electron chi connectivity index (χ1n) is 6.48. The van der Waals surface area contributed by atoms with E-state index in [9.17, 15) is 8.42 Å². The molecule has 0 spiro atoms. The van der Waals surface area contributed by atoms with Crippen molar-refractivity contribution in [1.82, 2.24) is 4.72 Å². The van der Waals surface area contributed by atoms with Crippen LogP contribution in [0.15, 0.2) is 27.6 Å². The van der Waals surface area contributed by atoms with Crippen molar-refractivity contribution in [3.63, 3.8) is 0 Å². The average molecular weight is 366 g/mol. The molecule has 0 heterocycles. The second-order valence-corrected chi connectivity index (χ2v) is 6.88. The van der Waals surface area contributed by atoms with Crippen LogP contribution in [-0.4, -0.2) is 33.3 Å². The van der Waals surface area contributed by atoms with E-state index in [0.29, 0.717) is 36.2 Å². The number of hydrogen-bond acceptors (Lipinski definition) is 4. The van der Waals surface area contributed by atoms with E-state index in [1.165, 1.54) is 6.07 Å². The summed E-state index contributed by atoms with van der Waals surface area (Å²) in [5.41, 5.74) is 0.555. The van der Waals surface area contributed by atoms with E-state index >= 15 is 0 Å². The number of aliphatic hydroxyl groups excluding tert-OH is 1. The summed E-state index contributed by atoms with van der Waals surface area (Å²) in [6.07, 6.45) is 1.57. The van der Waals surface area contributed by atoms with E-state index in [2.05, 4.69) is 20.7 Å². The van der Waals surface area contributed by atoms with Crippen molar-refractivity contribution in [3.8, 4) is 0 Å². The van der Waals surface area contributed by atoms with Crippen LogP contribution in [0.5, 0.6) is 0 Å². The largest absolute Gasteiger partial charge is 0.392 e. The molecule has 0 fully saturated rings. The fourth-order valence-corrected chi connectivity index (χ4v) is 3.64. The number of aliphatic hydroxyl groups is 1. The van der Waals surface area contributed by atoms with Gasteiger partial charge in [-0.3, -0.25) is 0 Å². The smallest absolute Gasteiger partial charge is 0.241 e. The Morgan fingerprint density at radius 1 is 1.35 bits per heavy atom. The highest BCUT2D eigenvalue weighted by atomic mass is 79.9. The molecule has 0 amide bonds. The third-order valence-electron chi connectivity index (χ3n) is 2.57. The first-order chi connectivity index (χ1) is 9.51. The molecule has 0 saturated carbocycles. The number of sulfonamides is 1. The number of benzene rings is 1. The Bertz CT molecular complexity index is 519. The van der Waals surface area contributed by atoms with Crippen LogP contribution in [0.4, 0.5) is 0 Å². The van der Waals surface area contributed by atoms with E-state index in [1.54, 1.807) is 12.1 Å². The Hall–Kier alpha value is -0.470. The lowest BCUT2D eigenvalue weighted by Crippen LogP contribution is -2.26. The standard InChI is InChI=1S/C13H20BrNO4S/c1-2-7-19-8-3-6-15-20(17,18)13-9-11(10-16)4-5-12(13)14/h4-5,9,15-16H,2-3,6-8,10H2,1H3. The molecule has 0 aliphatic rings. The molecule has 0 atom stereocenters. The summed E-state index contributed by atoms with van der Waals surface area (Å²) in [6.45, 7) is 3.38. The van der Waals surface area contributed by atoms with Crippen molar-refractivity contribution >= 4 is 26.0 Å². The molecule has 0 bridgehead atoms. The first kappa shape index (κ1) is 17.6. The number of hydrogen-bond donors (Lipinski definition) is 2. The predicted octanol–water partition coefficient (Wildman–Crippen LogP) is 2.04. The van der Waals surface area contributed by atoms with Gasteiger partial charge < -0.3 is 9.84 Å². The van der Waals surface area contributed by atoms with Gasteiger partial charge in [0.05, 0.1) is 11.5 Å². The summed E-state index contributed by atoms with van der Waals surface area (Å²) in [5, 5.41) is 9.07.